The van der Waals surface area contributed by atoms with Crippen LogP contribution < -0.4 is 5.56 Å². The second-order valence-corrected chi connectivity index (χ2v) is 9.87. The summed E-state index contributed by atoms with van der Waals surface area (Å²) in [6.45, 7) is 5.22. The van der Waals surface area contributed by atoms with E-state index >= 15 is 0 Å². The number of carbonyl (C=O) groups is 1. The van der Waals surface area contributed by atoms with Crippen LogP contribution in [0.5, 0.6) is 0 Å². The number of fused-ring (bicyclic) bond motifs is 1. The summed E-state index contributed by atoms with van der Waals surface area (Å²) in [4.78, 5) is 25.5. The maximum atomic E-state index is 12.9. The summed E-state index contributed by atoms with van der Waals surface area (Å²) in [5.74, 6) is -0.114. The second-order valence-electron chi connectivity index (χ2n) is 7.75. The number of hydrogen-bond acceptors (Lipinski definition) is 6. The smallest absolute Gasteiger partial charge is 0.274 e. The van der Waals surface area contributed by atoms with Crippen molar-refractivity contribution in [2.24, 2.45) is 5.92 Å². The third-order valence-corrected chi connectivity index (χ3v) is 7.60. The van der Waals surface area contributed by atoms with Crippen LogP contribution in [0.2, 0.25) is 0 Å². The van der Waals surface area contributed by atoms with Gasteiger partial charge in [-0.05, 0) is 18.4 Å². The molecule has 1 aromatic heterocycles. The standard InChI is InChI=1S/C16H22N4O5S/c1-10(2)6-20-9-16-8-19(15(22)12-3-4-14(21)18-17-12)7-11(25-16)5-13(16)26(20,23)24/h3-4,10-11,13H,5-9H2,1-2H3,(H,18,21)/t11-,13+,16+/m1/s1. The van der Waals surface area contributed by atoms with E-state index in [9.17, 15) is 18.0 Å². The number of hydrogen-bond donors (Lipinski definition) is 1. The highest BCUT2D eigenvalue weighted by Crippen LogP contribution is 2.46. The maximum absolute atomic E-state index is 12.9. The minimum Gasteiger partial charge on any atom is -0.365 e. The molecule has 3 aliphatic rings. The van der Waals surface area contributed by atoms with E-state index in [4.69, 9.17) is 4.74 Å². The molecule has 1 amide bonds. The number of ether oxygens (including phenoxy) is 1. The zero-order valence-corrected chi connectivity index (χ0v) is 15.5. The minimum absolute atomic E-state index is 0.138. The van der Waals surface area contributed by atoms with Crippen LogP contribution in [0.15, 0.2) is 16.9 Å². The number of rotatable bonds is 3. The van der Waals surface area contributed by atoms with Crippen LogP contribution in [0.25, 0.3) is 0 Å². The summed E-state index contributed by atoms with van der Waals surface area (Å²) in [6, 6.07) is 2.63. The normalized spacial score (nSPS) is 32.8. The molecule has 0 saturated carbocycles. The van der Waals surface area contributed by atoms with Crippen molar-refractivity contribution in [1.29, 1.82) is 0 Å². The topological polar surface area (TPSA) is 113 Å². The number of carbonyl (C=O) groups excluding carboxylic acids is 1. The molecule has 0 unspecified atom stereocenters. The molecular formula is C16H22N4O5S. The number of sulfonamides is 1. The monoisotopic (exact) mass is 382 g/mol. The molecular weight excluding hydrogens is 360 g/mol. The lowest BCUT2D eigenvalue weighted by atomic mass is 9.99. The average molecular weight is 382 g/mol. The van der Waals surface area contributed by atoms with Crippen molar-refractivity contribution in [3.05, 3.63) is 28.2 Å². The highest BCUT2D eigenvalue weighted by atomic mass is 32.2. The number of morpholine rings is 1. The Kier molecular flexibility index (Phi) is 3.97. The quantitative estimate of drug-likeness (QED) is 0.749. The van der Waals surface area contributed by atoms with E-state index in [1.807, 2.05) is 13.8 Å². The number of nitrogens with one attached hydrogen (secondary N) is 1. The Hall–Kier alpha value is -1.78. The van der Waals surface area contributed by atoms with Gasteiger partial charge in [0.1, 0.15) is 16.5 Å². The Morgan fingerprint density at radius 2 is 2.19 bits per heavy atom. The van der Waals surface area contributed by atoms with Crippen molar-refractivity contribution in [3.63, 3.8) is 0 Å². The predicted octanol–water partition coefficient (Wildman–Crippen LogP) is -0.577. The molecule has 3 aliphatic heterocycles. The van der Waals surface area contributed by atoms with E-state index < -0.39 is 20.9 Å². The first-order valence-electron chi connectivity index (χ1n) is 8.73. The van der Waals surface area contributed by atoms with Crippen molar-refractivity contribution < 1.29 is 17.9 Å². The van der Waals surface area contributed by atoms with E-state index in [0.29, 0.717) is 19.5 Å². The van der Waals surface area contributed by atoms with E-state index in [-0.39, 0.29) is 42.3 Å². The molecule has 4 heterocycles. The summed E-state index contributed by atoms with van der Waals surface area (Å²) < 4.78 is 33.4. The summed E-state index contributed by atoms with van der Waals surface area (Å²) in [6.07, 6.45) is 0.108. The summed E-state index contributed by atoms with van der Waals surface area (Å²) in [7, 11) is -3.44. The van der Waals surface area contributed by atoms with Crippen molar-refractivity contribution >= 4 is 15.9 Å². The van der Waals surface area contributed by atoms with Gasteiger partial charge in [-0.1, -0.05) is 13.8 Å². The molecule has 10 heteroatoms. The molecule has 1 N–H and O–H groups in total. The lowest BCUT2D eigenvalue weighted by molar-refractivity contribution is -0.0981. The average Bonchev–Trinajstić information content (AvgIpc) is 2.93. The van der Waals surface area contributed by atoms with Gasteiger partial charge in [-0.25, -0.2) is 13.5 Å². The fraction of sp³-hybridized carbons (Fsp3) is 0.688. The number of nitrogens with zero attached hydrogens (tertiary/aromatic N) is 3. The molecule has 3 fully saturated rings. The Balaban J connectivity index is 1.61. The van der Waals surface area contributed by atoms with Gasteiger partial charge in [0.2, 0.25) is 10.0 Å². The van der Waals surface area contributed by atoms with E-state index in [0.717, 1.165) is 0 Å². The summed E-state index contributed by atoms with van der Waals surface area (Å²) >= 11 is 0. The van der Waals surface area contributed by atoms with Gasteiger partial charge in [-0.2, -0.15) is 9.40 Å². The molecule has 0 radical (unpaired) electrons. The first-order chi connectivity index (χ1) is 12.2. The van der Waals surface area contributed by atoms with Crippen molar-refractivity contribution in [2.75, 3.05) is 26.2 Å². The van der Waals surface area contributed by atoms with E-state index in [1.165, 1.54) is 16.4 Å². The van der Waals surface area contributed by atoms with Gasteiger partial charge < -0.3 is 9.64 Å². The number of amides is 1. The van der Waals surface area contributed by atoms with Crippen LogP contribution >= 0.6 is 0 Å². The fourth-order valence-electron chi connectivity index (χ4n) is 4.30. The van der Waals surface area contributed by atoms with Gasteiger partial charge in [-0.15, -0.1) is 0 Å². The maximum Gasteiger partial charge on any atom is 0.274 e. The lowest BCUT2D eigenvalue weighted by Crippen LogP contribution is -2.56. The number of aromatic nitrogens is 2. The number of aromatic amines is 1. The lowest BCUT2D eigenvalue weighted by Gasteiger charge is -2.39. The van der Waals surface area contributed by atoms with Crippen molar-refractivity contribution in [2.45, 2.75) is 37.2 Å². The molecule has 9 nitrogen and oxygen atoms in total. The zero-order chi connectivity index (χ0) is 18.7. The molecule has 26 heavy (non-hydrogen) atoms. The Bertz CT molecular complexity index is 878. The first-order valence-corrected chi connectivity index (χ1v) is 10.2. The molecule has 142 valence electrons. The Morgan fingerprint density at radius 1 is 1.42 bits per heavy atom. The molecule has 1 spiro atoms. The van der Waals surface area contributed by atoms with Gasteiger partial charge in [0.05, 0.1) is 12.6 Å². The molecule has 3 atom stereocenters. The SMILES string of the molecule is CC(C)CN1C[C@@]23CN(C(=O)c4ccc(=O)[nH]n4)C[C@@H](C[C@@H]2S1(=O)=O)O3. The van der Waals surface area contributed by atoms with Gasteiger partial charge in [-0.3, -0.25) is 9.59 Å². The summed E-state index contributed by atoms with van der Waals surface area (Å²) in [5.41, 5.74) is -1.12. The third kappa shape index (κ3) is 2.67. The molecule has 0 aromatic carbocycles. The number of likely N-dealkylation sites (tertiary alicyclic amines) is 1. The van der Waals surface area contributed by atoms with E-state index in [2.05, 4.69) is 10.2 Å². The van der Waals surface area contributed by atoms with Gasteiger partial charge >= 0.3 is 0 Å². The van der Waals surface area contributed by atoms with Crippen LogP contribution in [0, 0.1) is 5.92 Å². The third-order valence-electron chi connectivity index (χ3n) is 5.27. The molecule has 4 rings (SSSR count). The molecule has 2 bridgehead atoms. The predicted molar refractivity (Wildman–Crippen MR) is 92.1 cm³/mol. The molecule has 3 saturated heterocycles. The minimum atomic E-state index is -3.44. The summed E-state index contributed by atoms with van der Waals surface area (Å²) in [5, 5.41) is 5.44. The van der Waals surface area contributed by atoms with Crippen LogP contribution in [-0.2, 0) is 14.8 Å². The molecule has 0 aliphatic carbocycles. The zero-order valence-electron chi connectivity index (χ0n) is 14.7. The number of H-pyrrole nitrogens is 1. The largest absolute Gasteiger partial charge is 0.365 e. The van der Waals surface area contributed by atoms with Crippen molar-refractivity contribution in [3.8, 4) is 0 Å². The van der Waals surface area contributed by atoms with Crippen LogP contribution in [0.4, 0.5) is 0 Å². The second kappa shape index (κ2) is 5.86. The Morgan fingerprint density at radius 3 is 2.85 bits per heavy atom. The van der Waals surface area contributed by atoms with E-state index in [1.54, 1.807) is 4.90 Å². The first kappa shape index (κ1) is 17.6. The van der Waals surface area contributed by atoms with Crippen molar-refractivity contribution in [1.82, 2.24) is 19.4 Å². The van der Waals surface area contributed by atoms with Gasteiger partial charge in [0.15, 0.2) is 0 Å². The fourth-order valence-corrected chi connectivity index (χ4v) is 6.77. The van der Waals surface area contributed by atoms with Gasteiger partial charge in [0, 0.05) is 25.7 Å². The van der Waals surface area contributed by atoms with Gasteiger partial charge in [0.25, 0.3) is 11.5 Å². The molecule has 1 aromatic rings. The Labute approximate surface area is 151 Å². The van der Waals surface area contributed by atoms with Crippen LogP contribution in [-0.4, -0.2) is 76.9 Å². The highest BCUT2D eigenvalue weighted by Gasteiger charge is 2.65. The van der Waals surface area contributed by atoms with Crippen LogP contribution in [0.1, 0.15) is 30.8 Å². The highest BCUT2D eigenvalue weighted by molar-refractivity contribution is 7.90. The van der Waals surface area contributed by atoms with Crippen LogP contribution in [0.3, 0.4) is 0 Å².